The maximum absolute atomic E-state index is 5.29. The van der Waals surface area contributed by atoms with Crippen molar-refractivity contribution in [3.8, 4) is 33.5 Å². The summed E-state index contributed by atoms with van der Waals surface area (Å²) in [7, 11) is 0. The average Bonchev–Trinajstić information content (AvgIpc) is 3.37. The molecule has 0 fully saturated rings. The van der Waals surface area contributed by atoms with Crippen LogP contribution in [0.4, 0.5) is 0 Å². The van der Waals surface area contributed by atoms with Gasteiger partial charge in [-0.15, -0.1) is 39.9 Å². The quantitative estimate of drug-likeness (QED) is 0.132. The molecule has 0 atom stereocenters. The van der Waals surface area contributed by atoms with Crippen molar-refractivity contribution in [1.29, 1.82) is 0 Å². The van der Waals surface area contributed by atoms with E-state index >= 15 is 0 Å². The second-order valence-corrected chi connectivity index (χ2v) is 17.2. The van der Waals surface area contributed by atoms with E-state index in [1.54, 1.807) is 12.4 Å². The minimum absolute atomic E-state index is 0. The molecule has 0 aliphatic rings. The van der Waals surface area contributed by atoms with Crippen molar-refractivity contribution in [2.45, 2.75) is 105 Å². The summed E-state index contributed by atoms with van der Waals surface area (Å²) >= 11 is 0. The van der Waals surface area contributed by atoms with Gasteiger partial charge in [0, 0.05) is 24.3 Å². The molecule has 0 radical (unpaired) electrons. The van der Waals surface area contributed by atoms with E-state index in [0.29, 0.717) is 0 Å². The molecule has 0 aliphatic heterocycles. The van der Waals surface area contributed by atoms with Crippen molar-refractivity contribution in [2.75, 3.05) is 0 Å². The molecule has 4 heteroatoms. The van der Waals surface area contributed by atoms with Crippen LogP contribution in [0.2, 0.25) is 0 Å². The SMILES string of the molecule is CC(C)(C)c1cc(-c2[c-]c(-c3cc(C(C)(C)C)cc4c3[n-]c3ccc(C(C)(C)C)cc34)cc(C(C)(C)C)c2)[c-]c(-c2cnccn2)c1.[Au+3]. The molecule has 48 heavy (non-hydrogen) atoms. The molecule has 2 heterocycles. The summed E-state index contributed by atoms with van der Waals surface area (Å²) in [5, 5.41) is 2.42. The third-order valence-corrected chi connectivity index (χ3v) is 9.25. The predicted octanol–water partition coefficient (Wildman–Crippen LogP) is 11.5. The average molecular weight is 816 g/mol. The van der Waals surface area contributed by atoms with E-state index in [9.17, 15) is 0 Å². The van der Waals surface area contributed by atoms with E-state index in [1.165, 1.54) is 33.0 Å². The molecule has 0 saturated heterocycles. The molecule has 4 aromatic carbocycles. The Kier molecular flexibility index (Phi) is 9.27. The zero-order valence-corrected chi connectivity index (χ0v) is 32.7. The number of rotatable bonds is 3. The zero-order valence-electron chi connectivity index (χ0n) is 30.6. The van der Waals surface area contributed by atoms with Crippen LogP contribution < -0.4 is 4.98 Å². The number of fused-ring (bicyclic) bond motifs is 3. The van der Waals surface area contributed by atoms with Gasteiger partial charge in [0.05, 0.1) is 0 Å². The predicted molar refractivity (Wildman–Crippen MR) is 199 cm³/mol. The zero-order chi connectivity index (χ0) is 34.1. The number of nitrogens with zero attached hydrogens (tertiary/aromatic N) is 3. The molecule has 6 aromatic rings. The van der Waals surface area contributed by atoms with Crippen LogP contribution in [-0.2, 0) is 44.0 Å². The summed E-state index contributed by atoms with van der Waals surface area (Å²) < 4.78 is 0. The van der Waals surface area contributed by atoms with Crippen molar-refractivity contribution < 1.29 is 22.4 Å². The Bertz CT molecular complexity index is 2110. The number of hydrogen-bond donors (Lipinski definition) is 0. The summed E-state index contributed by atoms with van der Waals surface area (Å²) in [4.78, 5) is 14.3. The van der Waals surface area contributed by atoms with E-state index in [1.807, 2.05) is 6.20 Å². The Balaban J connectivity index is 0.00000451. The molecule has 250 valence electrons. The van der Waals surface area contributed by atoms with Gasteiger partial charge in [0.15, 0.2) is 0 Å². The van der Waals surface area contributed by atoms with Gasteiger partial charge < -0.3 is 4.98 Å². The second-order valence-electron chi connectivity index (χ2n) is 17.2. The Hall–Kier alpha value is -3.50. The summed E-state index contributed by atoms with van der Waals surface area (Å²) in [6, 6.07) is 28.2. The molecule has 6 rings (SSSR count). The minimum Gasteiger partial charge on any atom is -0.663 e. The molecule has 0 saturated carbocycles. The van der Waals surface area contributed by atoms with E-state index in [4.69, 9.17) is 4.98 Å². The molecule has 0 amide bonds. The van der Waals surface area contributed by atoms with Crippen LogP contribution in [0.15, 0.2) is 73.2 Å². The fraction of sp³-hybridized carbons (Fsp3) is 0.364. The fourth-order valence-electron chi connectivity index (χ4n) is 6.05. The Morgan fingerprint density at radius 2 is 1.02 bits per heavy atom. The Labute approximate surface area is 303 Å². The number of hydrogen-bond acceptors (Lipinski definition) is 2. The molecule has 0 spiro atoms. The molecule has 2 aromatic heterocycles. The van der Waals surface area contributed by atoms with Crippen molar-refractivity contribution >= 4 is 21.8 Å². The smallest absolute Gasteiger partial charge is 0.663 e. The molecule has 0 aliphatic carbocycles. The second kappa shape index (κ2) is 12.4. The standard InChI is InChI=1S/C44H48N3.Au/c1-41(2,3)31-13-14-38-36(23-31)37-25-34(44(10,11)12)24-35(40(37)47-38)29-17-27(19-32(21-29)42(4,5)6)28-18-30(39-26-45-15-16-46-39)22-33(20-28)43(7,8)9;/h13-16,19-26H,1-12H3;/q-3;+3. The van der Waals surface area contributed by atoms with Gasteiger partial charge in [0.1, 0.15) is 0 Å². The first-order chi connectivity index (χ1) is 21.8. The van der Waals surface area contributed by atoms with Crippen LogP contribution >= 0.6 is 0 Å². The first-order valence-electron chi connectivity index (χ1n) is 16.8. The molecule has 0 N–H and O–H groups in total. The van der Waals surface area contributed by atoms with Crippen molar-refractivity contribution in [1.82, 2.24) is 15.0 Å². The van der Waals surface area contributed by atoms with Gasteiger partial charge in [-0.25, -0.2) is 0 Å². The summed E-state index contributed by atoms with van der Waals surface area (Å²) in [6.07, 6.45) is 5.27. The van der Waals surface area contributed by atoms with E-state index in [-0.39, 0.29) is 44.0 Å². The summed E-state index contributed by atoms with van der Waals surface area (Å²) in [5.74, 6) is 0. The number of benzene rings is 4. The Morgan fingerprint density at radius 1 is 0.521 bits per heavy atom. The van der Waals surface area contributed by atoms with E-state index in [2.05, 4.69) is 160 Å². The monoisotopic (exact) mass is 815 g/mol. The maximum atomic E-state index is 5.29. The van der Waals surface area contributed by atoms with Gasteiger partial charge >= 0.3 is 22.4 Å². The molecule has 3 nitrogen and oxygen atoms in total. The number of aromatic nitrogens is 3. The third-order valence-electron chi connectivity index (χ3n) is 9.25. The molecule has 0 bridgehead atoms. The van der Waals surface area contributed by atoms with E-state index < -0.39 is 0 Å². The summed E-state index contributed by atoms with van der Waals surface area (Å²) in [6.45, 7) is 27.3. The first kappa shape index (κ1) is 35.8. The van der Waals surface area contributed by atoms with Crippen LogP contribution in [0, 0.1) is 12.1 Å². The van der Waals surface area contributed by atoms with Crippen LogP contribution in [0.25, 0.3) is 55.3 Å². The van der Waals surface area contributed by atoms with Gasteiger partial charge in [0.2, 0.25) is 0 Å². The normalized spacial score (nSPS) is 12.8. The van der Waals surface area contributed by atoms with Gasteiger partial charge in [-0.3, -0.25) is 9.97 Å². The van der Waals surface area contributed by atoms with Gasteiger partial charge in [-0.05, 0) is 43.6 Å². The third kappa shape index (κ3) is 7.10. The Morgan fingerprint density at radius 3 is 1.56 bits per heavy atom. The van der Waals surface area contributed by atoms with Crippen LogP contribution in [0.5, 0.6) is 0 Å². The topological polar surface area (TPSA) is 39.9 Å². The summed E-state index contributed by atoms with van der Waals surface area (Å²) in [5.41, 5.74) is 12.9. The van der Waals surface area contributed by atoms with Crippen LogP contribution in [0.3, 0.4) is 0 Å². The van der Waals surface area contributed by atoms with Crippen LogP contribution in [-0.4, -0.2) is 9.97 Å². The first-order valence-corrected chi connectivity index (χ1v) is 16.8. The van der Waals surface area contributed by atoms with Crippen molar-refractivity contribution in [3.05, 3.63) is 108 Å². The van der Waals surface area contributed by atoms with Gasteiger partial charge in [-0.1, -0.05) is 119 Å². The largest absolute Gasteiger partial charge is 3.00 e. The van der Waals surface area contributed by atoms with Crippen molar-refractivity contribution in [3.63, 3.8) is 0 Å². The molecular formula is C44H48AuN3. The van der Waals surface area contributed by atoms with Gasteiger partial charge in [0.25, 0.3) is 0 Å². The van der Waals surface area contributed by atoms with E-state index in [0.717, 1.165) is 44.5 Å². The van der Waals surface area contributed by atoms with Crippen LogP contribution in [0.1, 0.15) is 105 Å². The molecular weight excluding hydrogens is 767 g/mol. The van der Waals surface area contributed by atoms with Crippen molar-refractivity contribution in [2.24, 2.45) is 0 Å². The fourth-order valence-corrected chi connectivity index (χ4v) is 6.05. The maximum Gasteiger partial charge on any atom is 3.00 e. The van der Waals surface area contributed by atoms with Gasteiger partial charge in [-0.2, -0.15) is 40.9 Å². The minimum atomic E-state index is -0.0828. The molecule has 0 unspecified atom stereocenters.